The van der Waals surface area contributed by atoms with Gasteiger partial charge < -0.3 is 10.2 Å². The van der Waals surface area contributed by atoms with Gasteiger partial charge in [-0.3, -0.25) is 13.9 Å². The number of rotatable bonds is 12. The van der Waals surface area contributed by atoms with Crippen molar-refractivity contribution in [2.75, 3.05) is 10.8 Å². The van der Waals surface area contributed by atoms with Crippen LogP contribution in [0.2, 0.25) is 0 Å². The van der Waals surface area contributed by atoms with Crippen LogP contribution in [-0.4, -0.2) is 43.8 Å². The van der Waals surface area contributed by atoms with Gasteiger partial charge in [-0.2, -0.15) is 0 Å². The number of sulfonamides is 1. The van der Waals surface area contributed by atoms with E-state index >= 15 is 0 Å². The molecule has 0 aliphatic carbocycles. The van der Waals surface area contributed by atoms with Gasteiger partial charge in [0.1, 0.15) is 12.6 Å². The second-order valence-electron chi connectivity index (χ2n) is 9.41. The molecule has 0 spiro atoms. The highest BCUT2D eigenvalue weighted by molar-refractivity contribution is 7.92. The Kier molecular flexibility index (Phi) is 10.1. The first-order chi connectivity index (χ1) is 18.2. The third-order valence-electron chi connectivity index (χ3n) is 6.51. The molecule has 0 aromatic heterocycles. The summed E-state index contributed by atoms with van der Waals surface area (Å²) in [7, 11) is -4.06. The van der Waals surface area contributed by atoms with Gasteiger partial charge in [0.25, 0.3) is 10.0 Å². The summed E-state index contributed by atoms with van der Waals surface area (Å²) < 4.78 is 28.7. The molecule has 0 aliphatic heterocycles. The minimum absolute atomic E-state index is 0.0484. The van der Waals surface area contributed by atoms with E-state index in [1.165, 1.54) is 17.0 Å². The third kappa shape index (κ3) is 7.22. The lowest BCUT2D eigenvalue weighted by Crippen LogP contribution is -2.53. The molecule has 8 heteroatoms. The molecule has 38 heavy (non-hydrogen) atoms. The van der Waals surface area contributed by atoms with Crippen molar-refractivity contribution in [3.63, 3.8) is 0 Å². The van der Waals surface area contributed by atoms with E-state index < -0.39 is 28.5 Å². The molecule has 0 saturated carbocycles. The van der Waals surface area contributed by atoms with Crippen molar-refractivity contribution in [1.82, 2.24) is 10.2 Å². The van der Waals surface area contributed by atoms with Gasteiger partial charge in [-0.05, 0) is 56.5 Å². The van der Waals surface area contributed by atoms with Crippen molar-refractivity contribution in [1.29, 1.82) is 0 Å². The van der Waals surface area contributed by atoms with Gasteiger partial charge >= 0.3 is 0 Å². The summed E-state index contributed by atoms with van der Waals surface area (Å²) in [5.74, 6) is -0.709. The molecule has 7 nitrogen and oxygen atoms in total. The zero-order valence-corrected chi connectivity index (χ0v) is 23.3. The van der Waals surface area contributed by atoms with Crippen LogP contribution < -0.4 is 9.62 Å². The van der Waals surface area contributed by atoms with Crippen molar-refractivity contribution in [3.8, 4) is 0 Å². The molecule has 0 radical (unpaired) electrons. The average Bonchev–Trinajstić information content (AvgIpc) is 2.93. The maximum absolute atomic E-state index is 14.0. The zero-order valence-electron chi connectivity index (χ0n) is 22.5. The Morgan fingerprint density at radius 1 is 0.842 bits per heavy atom. The zero-order chi connectivity index (χ0) is 27.7. The third-order valence-corrected chi connectivity index (χ3v) is 8.30. The average molecular weight is 536 g/mol. The highest BCUT2D eigenvalue weighted by Crippen LogP contribution is 2.25. The summed E-state index contributed by atoms with van der Waals surface area (Å²) in [5, 5.41) is 2.98. The van der Waals surface area contributed by atoms with Gasteiger partial charge in [0.05, 0.1) is 10.6 Å². The van der Waals surface area contributed by atoms with Gasteiger partial charge in [-0.15, -0.1) is 0 Å². The number of amides is 2. The summed E-state index contributed by atoms with van der Waals surface area (Å²) in [6.07, 6.45) is 1.14. The van der Waals surface area contributed by atoms with Gasteiger partial charge in [-0.1, -0.05) is 80.1 Å². The Balaban J connectivity index is 2.02. The number of benzene rings is 3. The Hall–Kier alpha value is -3.65. The van der Waals surface area contributed by atoms with Crippen LogP contribution in [0.3, 0.4) is 0 Å². The van der Waals surface area contributed by atoms with Crippen LogP contribution in [0.15, 0.2) is 89.8 Å². The van der Waals surface area contributed by atoms with Crippen LogP contribution in [0.5, 0.6) is 0 Å². The Morgan fingerprint density at radius 2 is 1.42 bits per heavy atom. The van der Waals surface area contributed by atoms with E-state index in [-0.39, 0.29) is 23.4 Å². The van der Waals surface area contributed by atoms with Gasteiger partial charge in [0.15, 0.2) is 0 Å². The number of carbonyl (C=O) groups is 2. The molecule has 0 heterocycles. The first-order valence-electron chi connectivity index (χ1n) is 13.0. The molecule has 0 bridgehead atoms. The molecule has 0 aliphatic rings. The van der Waals surface area contributed by atoms with Gasteiger partial charge in [0, 0.05) is 12.6 Å². The second kappa shape index (κ2) is 13.2. The van der Waals surface area contributed by atoms with Gasteiger partial charge in [0.2, 0.25) is 11.8 Å². The largest absolute Gasteiger partial charge is 0.352 e. The number of hydrogen-bond acceptors (Lipinski definition) is 4. The van der Waals surface area contributed by atoms with Crippen LogP contribution in [0.4, 0.5) is 5.69 Å². The van der Waals surface area contributed by atoms with Crippen LogP contribution in [0.1, 0.15) is 44.7 Å². The molecule has 0 unspecified atom stereocenters. The number of nitrogens with zero attached hydrogens (tertiary/aromatic N) is 2. The van der Waals surface area contributed by atoms with E-state index in [4.69, 9.17) is 0 Å². The number of carbonyl (C=O) groups excluding carboxylic acids is 2. The summed E-state index contributed by atoms with van der Waals surface area (Å²) in [5.41, 5.74) is 2.20. The Labute approximate surface area is 226 Å². The number of aryl methyl sites for hydroxylation is 1. The molecule has 0 fully saturated rings. The molecule has 3 rings (SSSR count). The summed E-state index contributed by atoms with van der Waals surface area (Å²) in [4.78, 5) is 28.8. The van der Waals surface area contributed by atoms with E-state index in [2.05, 4.69) is 5.32 Å². The first kappa shape index (κ1) is 28.9. The molecule has 3 aromatic rings. The SMILES string of the molecule is CC[C@H](C)NC(=O)[C@H](CC)N(Cc1ccccc1)C(=O)CN(c1ccc(C)cc1)S(=O)(=O)c1ccccc1. The Morgan fingerprint density at radius 3 is 1.97 bits per heavy atom. The van der Waals surface area contributed by atoms with Crippen molar-refractivity contribution in [2.24, 2.45) is 0 Å². The fraction of sp³-hybridized carbons (Fsp3) is 0.333. The topological polar surface area (TPSA) is 86.8 Å². The molecule has 3 aromatic carbocycles. The fourth-order valence-electron chi connectivity index (χ4n) is 4.10. The maximum Gasteiger partial charge on any atom is 0.264 e. The van der Waals surface area contributed by atoms with E-state index in [0.717, 1.165) is 21.9 Å². The molecule has 2 amide bonds. The smallest absolute Gasteiger partial charge is 0.264 e. The maximum atomic E-state index is 14.0. The van der Waals surface area contributed by atoms with Crippen molar-refractivity contribution in [2.45, 2.75) is 64.1 Å². The summed E-state index contributed by atoms with van der Waals surface area (Å²) in [6, 6.07) is 23.7. The summed E-state index contributed by atoms with van der Waals surface area (Å²) in [6.45, 7) is 7.39. The van der Waals surface area contributed by atoms with E-state index in [9.17, 15) is 18.0 Å². The second-order valence-corrected chi connectivity index (χ2v) is 11.3. The van der Waals surface area contributed by atoms with E-state index in [1.807, 2.05) is 70.2 Å². The van der Waals surface area contributed by atoms with Crippen molar-refractivity contribution >= 4 is 27.5 Å². The van der Waals surface area contributed by atoms with Crippen LogP contribution in [-0.2, 0) is 26.2 Å². The predicted octanol–water partition coefficient (Wildman–Crippen LogP) is 4.91. The lowest BCUT2D eigenvalue weighted by molar-refractivity contribution is -0.140. The standard InChI is InChI=1S/C30H37N3O4S/c1-5-24(4)31-30(35)28(6-2)32(21-25-13-9-7-10-14-25)29(34)22-33(26-19-17-23(3)18-20-26)38(36,37)27-15-11-8-12-16-27/h7-20,24,28H,5-6,21-22H2,1-4H3,(H,31,35)/t24-,28-/m0/s1. The molecule has 0 saturated heterocycles. The van der Waals surface area contributed by atoms with Crippen LogP contribution >= 0.6 is 0 Å². The first-order valence-corrected chi connectivity index (χ1v) is 14.4. The molecular weight excluding hydrogens is 498 g/mol. The highest BCUT2D eigenvalue weighted by Gasteiger charge is 2.33. The van der Waals surface area contributed by atoms with Crippen molar-refractivity contribution in [3.05, 3.63) is 96.1 Å². The lowest BCUT2D eigenvalue weighted by Gasteiger charge is -2.33. The molecule has 1 N–H and O–H groups in total. The Bertz CT molecular complexity index is 1300. The highest BCUT2D eigenvalue weighted by atomic mass is 32.2. The number of hydrogen-bond donors (Lipinski definition) is 1. The number of nitrogens with one attached hydrogen (secondary N) is 1. The number of anilines is 1. The summed E-state index contributed by atoms with van der Waals surface area (Å²) >= 11 is 0. The molecule has 2 atom stereocenters. The predicted molar refractivity (Wildman–Crippen MR) is 151 cm³/mol. The van der Waals surface area contributed by atoms with Crippen LogP contribution in [0, 0.1) is 6.92 Å². The quantitative estimate of drug-likeness (QED) is 0.357. The fourth-order valence-corrected chi connectivity index (χ4v) is 5.54. The lowest BCUT2D eigenvalue weighted by atomic mass is 10.1. The molecule has 202 valence electrons. The van der Waals surface area contributed by atoms with E-state index in [1.54, 1.807) is 30.3 Å². The molecular formula is C30H37N3O4S. The van der Waals surface area contributed by atoms with Crippen molar-refractivity contribution < 1.29 is 18.0 Å². The normalized spacial score (nSPS) is 12.8. The van der Waals surface area contributed by atoms with Crippen LogP contribution in [0.25, 0.3) is 0 Å². The van der Waals surface area contributed by atoms with Gasteiger partial charge in [-0.25, -0.2) is 8.42 Å². The minimum Gasteiger partial charge on any atom is -0.352 e. The minimum atomic E-state index is -4.06. The van der Waals surface area contributed by atoms with E-state index in [0.29, 0.717) is 12.1 Å². The monoisotopic (exact) mass is 535 g/mol.